The predicted octanol–water partition coefficient (Wildman–Crippen LogP) is -0.0373. The van der Waals surface area contributed by atoms with E-state index < -0.39 is 20.3 Å². The van der Waals surface area contributed by atoms with Crippen molar-refractivity contribution >= 4 is 33.3 Å². The van der Waals surface area contributed by atoms with Crippen LogP contribution in [0.1, 0.15) is 0 Å². The molecule has 0 aromatic heterocycles. The van der Waals surface area contributed by atoms with Crippen molar-refractivity contribution in [1.29, 1.82) is 0 Å². The van der Waals surface area contributed by atoms with Crippen LogP contribution in [0, 0.1) is 0 Å². The summed E-state index contributed by atoms with van der Waals surface area (Å²) in [6.45, 7) is 0. The Bertz CT molecular complexity index is 176. The van der Waals surface area contributed by atoms with Gasteiger partial charge in [0, 0.05) is 0 Å². The van der Waals surface area contributed by atoms with Crippen molar-refractivity contribution in [2.24, 2.45) is 5.73 Å². The molecule has 0 aliphatic heterocycles. The van der Waals surface area contributed by atoms with Crippen molar-refractivity contribution in [3.63, 3.8) is 0 Å². The number of nitrogens with two attached hydrogens (primary N) is 1. The zero-order valence-corrected chi connectivity index (χ0v) is 6.49. The molecule has 3 N–H and O–H groups in total. The van der Waals surface area contributed by atoms with Gasteiger partial charge in [0.25, 0.3) is 10.1 Å². The standard InChI is InChI=1S/C2H5Cl2NO3S/c3-1(5)2(4)9(6,7)8/h1-2H,5H2,(H,6,7,8). The lowest BCUT2D eigenvalue weighted by molar-refractivity contribution is 0.477. The molecule has 0 saturated carbocycles. The highest BCUT2D eigenvalue weighted by molar-refractivity contribution is 7.87. The maximum atomic E-state index is 10.0. The fourth-order valence-electron chi connectivity index (χ4n) is 0.164. The summed E-state index contributed by atoms with van der Waals surface area (Å²) in [4.78, 5) is 0. The molecule has 0 heterocycles. The molecule has 2 unspecified atom stereocenters. The zero-order valence-electron chi connectivity index (χ0n) is 4.16. The van der Waals surface area contributed by atoms with Gasteiger partial charge in [-0.05, 0) is 0 Å². The third-order valence-electron chi connectivity index (χ3n) is 0.535. The minimum absolute atomic E-state index is 1.29. The third-order valence-corrected chi connectivity index (χ3v) is 2.87. The summed E-state index contributed by atoms with van der Waals surface area (Å²) < 4.78 is 26.6. The SMILES string of the molecule is NC(Cl)C(Cl)S(=O)(=O)O. The van der Waals surface area contributed by atoms with E-state index in [0.29, 0.717) is 0 Å². The van der Waals surface area contributed by atoms with Crippen LogP contribution in [0.3, 0.4) is 0 Å². The fourth-order valence-corrected chi connectivity index (χ4v) is 0.883. The first-order valence-corrected chi connectivity index (χ1v) is 4.23. The van der Waals surface area contributed by atoms with Crippen molar-refractivity contribution < 1.29 is 13.0 Å². The van der Waals surface area contributed by atoms with Gasteiger partial charge in [0.1, 0.15) is 5.50 Å². The van der Waals surface area contributed by atoms with Crippen LogP contribution >= 0.6 is 23.2 Å². The number of alkyl halides is 2. The minimum atomic E-state index is -4.29. The number of hydrogen-bond donors (Lipinski definition) is 2. The van der Waals surface area contributed by atoms with E-state index in [-0.39, 0.29) is 0 Å². The Hall–Kier alpha value is 0.450. The molecule has 0 aliphatic carbocycles. The number of halogens is 2. The fraction of sp³-hybridized carbons (Fsp3) is 1.00. The van der Waals surface area contributed by atoms with Crippen molar-refractivity contribution in [3.05, 3.63) is 0 Å². The second kappa shape index (κ2) is 3.03. The van der Waals surface area contributed by atoms with E-state index in [1.807, 2.05) is 0 Å². The maximum absolute atomic E-state index is 10.0. The summed E-state index contributed by atoms with van der Waals surface area (Å²) in [6.07, 6.45) is 0. The van der Waals surface area contributed by atoms with E-state index in [0.717, 1.165) is 0 Å². The van der Waals surface area contributed by atoms with Crippen LogP contribution in [-0.4, -0.2) is 23.2 Å². The lowest BCUT2D eigenvalue weighted by Crippen LogP contribution is -2.31. The van der Waals surface area contributed by atoms with E-state index in [9.17, 15) is 8.42 Å². The number of rotatable bonds is 2. The monoisotopic (exact) mass is 193 g/mol. The Morgan fingerprint density at radius 2 is 1.78 bits per heavy atom. The first-order chi connectivity index (χ1) is 3.85. The Labute approximate surface area is 62.7 Å². The molecular formula is C2H5Cl2NO3S. The lowest BCUT2D eigenvalue weighted by atomic mass is 10.8. The first kappa shape index (κ1) is 9.45. The zero-order chi connectivity index (χ0) is 7.65. The van der Waals surface area contributed by atoms with Crippen LogP contribution in [0.2, 0.25) is 0 Å². The molecule has 7 heteroatoms. The van der Waals surface area contributed by atoms with Crippen molar-refractivity contribution in [2.75, 3.05) is 0 Å². The number of hydrogen-bond acceptors (Lipinski definition) is 3. The largest absolute Gasteiger partial charge is 0.313 e. The van der Waals surface area contributed by atoms with Gasteiger partial charge < -0.3 is 5.73 Å². The van der Waals surface area contributed by atoms with Crippen molar-refractivity contribution in [1.82, 2.24) is 0 Å². The molecular weight excluding hydrogens is 189 g/mol. The molecule has 0 radical (unpaired) electrons. The molecule has 9 heavy (non-hydrogen) atoms. The highest BCUT2D eigenvalue weighted by Gasteiger charge is 2.25. The summed E-state index contributed by atoms with van der Waals surface area (Å²) in [7, 11) is -4.29. The molecule has 0 amide bonds. The Kier molecular flexibility index (Phi) is 3.18. The maximum Gasteiger partial charge on any atom is 0.284 e. The summed E-state index contributed by atoms with van der Waals surface area (Å²) in [5, 5.41) is 0. The van der Waals surface area contributed by atoms with Gasteiger partial charge in [0.2, 0.25) is 0 Å². The van der Waals surface area contributed by atoms with Crippen LogP contribution < -0.4 is 5.73 Å². The van der Waals surface area contributed by atoms with E-state index >= 15 is 0 Å². The molecule has 0 aromatic rings. The molecule has 0 spiro atoms. The van der Waals surface area contributed by atoms with Gasteiger partial charge in [-0.3, -0.25) is 4.55 Å². The van der Waals surface area contributed by atoms with E-state index in [1.165, 1.54) is 0 Å². The molecule has 4 nitrogen and oxygen atoms in total. The van der Waals surface area contributed by atoms with Crippen LogP contribution in [0.25, 0.3) is 0 Å². The molecule has 0 aliphatic rings. The second-order valence-electron chi connectivity index (χ2n) is 1.31. The van der Waals surface area contributed by atoms with Crippen LogP contribution in [0.15, 0.2) is 0 Å². The quantitative estimate of drug-likeness (QED) is 0.367. The van der Waals surface area contributed by atoms with Gasteiger partial charge in [-0.25, -0.2) is 0 Å². The van der Waals surface area contributed by atoms with E-state index in [4.69, 9.17) is 33.5 Å². The molecule has 56 valence electrons. The molecule has 0 rings (SSSR count). The molecule has 0 saturated heterocycles. The smallest absolute Gasteiger partial charge is 0.284 e. The molecule has 0 fully saturated rings. The summed E-state index contributed by atoms with van der Waals surface area (Å²) in [6, 6.07) is 0. The van der Waals surface area contributed by atoms with Gasteiger partial charge >= 0.3 is 0 Å². The Balaban J connectivity index is 4.24. The topological polar surface area (TPSA) is 80.4 Å². The van der Waals surface area contributed by atoms with Gasteiger partial charge in [0.05, 0.1) is 0 Å². The summed E-state index contributed by atoms with van der Waals surface area (Å²) in [5.41, 5.74) is 3.53. The highest BCUT2D eigenvalue weighted by Crippen LogP contribution is 2.10. The van der Waals surface area contributed by atoms with E-state index in [2.05, 4.69) is 0 Å². The molecule has 0 bridgehead atoms. The molecule has 0 aromatic carbocycles. The average Bonchev–Trinajstić information content (AvgIpc) is 1.62. The van der Waals surface area contributed by atoms with Gasteiger partial charge in [-0.1, -0.05) is 11.6 Å². The second-order valence-corrected chi connectivity index (χ2v) is 4.08. The highest BCUT2D eigenvalue weighted by atomic mass is 35.5. The third kappa shape index (κ3) is 3.22. The summed E-state index contributed by atoms with van der Waals surface area (Å²) >= 11 is 10.0. The van der Waals surface area contributed by atoms with Crippen molar-refractivity contribution in [2.45, 2.75) is 10.2 Å². The lowest BCUT2D eigenvalue weighted by Gasteiger charge is -2.05. The van der Waals surface area contributed by atoms with Gasteiger partial charge in [0.15, 0.2) is 4.71 Å². The van der Waals surface area contributed by atoms with Crippen LogP contribution in [-0.2, 0) is 10.1 Å². The Morgan fingerprint density at radius 3 is 1.78 bits per heavy atom. The predicted molar refractivity (Wildman–Crippen MR) is 35.0 cm³/mol. The van der Waals surface area contributed by atoms with Gasteiger partial charge in [-0.15, -0.1) is 11.6 Å². The molecule has 2 atom stereocenters. The Morgan fingerprint density at radius 1 is 1.44 bits per heavy atom. The summed E-state index contributed by atoms with van der Waals surface area (Å²) in [5.74, 6) is 0. The normalized spacial score (nSPS) is 19.1. The van der Waals surface area contributed by atoms with Crippen LogP contribution in [0.4, 0.5) is 0 Å². The van der Waals surface area contributed by atoms with E-state index in [1.54, 1.807) is 0 Å². The minimum Gasteiger partial charge on any atom is -0.313 e. The first-order valence-electron chi connectivity index (χ1n) is 1.85. The van der Waals surface area contributed by atoms with Crippen LogP contribution in [0.5, 0.6) is 0 Å². The average molecular weight is 194 g/mol. The van der Waals surface area contributed by atoms with Gasteiger partial charge in [-0.2, -0.15) is 8.42 Å². The van der Waals surface area contributed by atoms with Crippen molar-refractivity contribution in [3.8, 4) is 0 Å².